The standard InChI is InChI=1S/C16H27N3O2/c1-16(2,3)21-15-13(17)5-6-14(18-15)19-9-7-12(8-10-19)11-20-4/h5-6,12H,7-11,17H2,1-4H3. The van der Waals surface area contributed by atoms with Gasteiger partial charge in [0.2, 0.25) is 5.88 Å². The molecule has 21 heavy (non-hydrogen) atoms. The van der Waals surface area contributed by atoms with E-state index in [1.54, 1.807) is 7.11 Å². The third-order valence-corrected chi connectivity index (χ3v) is 3.62. The molecule has 1 aromatic rings. The lowest BCUT2D eigenvalue weighted by Gasteiger charge is -2.33. The van der Waals surface area contributed by atoms with Gasteiger partial charge in [0.15, 0.2) is 0 Å². The van der Waals surface area contributed by atoms with Crippen LogP contribution < -0.4 is 15.4 Å². The van der Waals surface area contributed by atoms with Crippen molar-refractivity contribution in [2.75, 3.05) is 37.4 Å². The molecule has 2 N–H and O–H groups in total. The van der Waals surface area contributed by atoms with Crippen molar-refractivity contribution in [1.29, 1.82) is 0 Å². The minimum atomic E-state index is -0.300. The SMILES string of the molecule is COCC1CCN(c2ccc(N)c(OC(C)(C)C)n2)CC1. The third kappa shape index (κ3) is 4.49. The summed E-state index contributed by atoms with van der Waals surface area (Å²) in [5.74, 6) is 2.13. The van der Waals surface area contributed by atoms with Crippen molar-refractivity contribution in [2.24, 2.45) is 5.92 Å². The second kappa shape index (κ2) is 6.52. The van der Waals surface area contributed by atoms with Gasteiger partial charge in [0.1, 0.15) is 11.4 Å². The summed E-state index contributed by atoms with van der Waals surface area (Å²) in [5.41, 5.74) is 6.25. The first-order valence-corrected chi connectivity index (χ1v) is 7.58. The molecule has 0 saturated carbocycles. The Morgan fingerprint density at radius 2 is 1.95 bits per heavy atom. The Morgan fingerprint density at radius 1 is 1.29 bits per heavy atom. The van der Waals surface area contributed by atoms with Crippen LogP contribution in [0.3, 0.4) is 0 Å². The number of hydrogen-bond donors (Lipinski definition) is 1. The molecular weight excluding hydrogens is 266 g/mol. The van der Waals surface area contributed by atoms with Gasteiger partial charge in [-0.15, -0.1) is 0 Å². The van der Waals surface area contributed by atoms with Crippen LogP contribution in [0, 0.1) is 5.92 Å². The second-order valence-electron chi connectivity index (χ2n) is 6.66. The Balaban J connectivity index is 2.06. The highest BCUT2D eigenvalue weighted by Crippen LogP contribution is 2.28. The van der Waals surface area contributed by atoms with E-state index >= 15 is 0 Å². The van der Waals surface area contributed by atoms with E-state index in [1.165, 1.54) is 0 Å². The maximum atomic E-state index is 5.97. The third-order valence-electron chi connectivity index (χ3n) is 3.62. The van der Waals surface area contributed by atoms with Gasteiger partial charge >= 0.3 is 0 Å². The van der Waals surface area contributed by atoms with Gasteiger partial charge in [-0.3, -0.25) is 0 Å². The highest BCUT2D eigenvalue weighted by Gasteiger charge is 2.22. The fourth-order valence-corrected chi connectivity index (χ4v) is 2.55. The number of hydrogen-bond acceptors (Lipinski definition) is 5. The zero-order valence-corrected chi connectivity index (χ0v) is 13.6. The molecule has 118 valence electrons. The Morgan fingerprint density at radius 3 is 2.52 bits per heavy atom. The van der Waals surface area contributed by atoms with Crippen LogP contribution in [-0.2, 0) is 4.74 Å². The van der Waals surface area contributed by atoms with Crippen LogP contribution in [0.4, 0.5) is 11.5 Å². The van der Waals surface area contributed by atoms with Gasteiger partial charge in [-0.2, -0.15) is 4.98 Å². The summed E-state index contributed by atoms with van der Waals surface area (Å²) < 4.78 is 11.1. The van der Waals surface area contributed by atoms with Crippen LogP contribution in [0.2, 0.25) is 0 Å². The molecule has 2 heterocycles. The van der Waals surface area contributed by atoms with Gasteiger partial charge in [0, 0.05) is 26.8 Å². The molecule has 0 bridgehead atoms. The van der Waals surface area contributed by atoms with Crippen LogP contribution in [-0.4, -0.2) is 37.4 Å². The summed E-state index contributed by atoms with van der Waals surface area (Å²) in [4.78, 5) is 6.89. The Bertz CT molecular complexity index is 463. The molecule has 0 aromatic carbocycles. The normalized spacial score (nSPS) is 17.0. The predicted octanol–water partition coefficient (Wildman–Crippen LogP) is 2.70. The van der Waals surface area contributed by atoms with E-state index in [9.17, 15) is 0 Å². The summed E-state index contributed by atoms with van der Waals surface area (Å²) in [5, 5.41) is 0. The van der Waals surface area contributed by atoms with Gasteiger partial charge in [-0.25, -0.2) is 0 Å². The lowest BCUT2D eigenvalue weighted by molar-refractivity contribution is 0.125. The largest absolute Gasteiger partial charge is 0.470 e. The minimum absolute atomic E-state index is 0.300. The van der Waals surface area contributed by atoms with Crippen LogP contribution in [0.5, 0.6) is 5.88 Å². The number of rotatable bonds is 4. The number of ether oxygens (including phenoxy) is 2. The van der Waals surface area contributed by atoms with Gasteiger partial charge < -0.3 is 20.1 Å². The molecule has 5 nitrogen and oxygen atoms in total. The summed E-state index contributed by atoms with van der Waals surface area (Å²) in [6.45, 7) is 8.84. The quantitative estimate of drug-likeness (QED) is 0.925. The zero-order chi connectivity index (χ0) is 15.5. The Labute approximate surface area is 127 Å². The first-order chi connectivity index (χ1) is 9.89. The molecule has 1 aliphatic heterocycles. The van der Waals surface area contributed by atoms with Crippen molar-refractivity contribution in [3.8, 4) is 5.88 Å². The lowest BCUT2D eigenvalue weighted by atomic mass is 9.98. The number of piperidine rings is 1. The topological polar surface area (TPSA) is 60.6 Å². The molecule has 1 saturated heterocycles. The van der Waals surface area contributed by atoms with Gasteiger partial charge in [-0.05, 0) is 51.7 Å². The fourth-order valence-electron chi connectivity index (χ4n) is 2.55. The fraction of sp³-hybridized carbons (Fsp3) is 0.688. The van der Waals surface area contributed by atoms with E-state index in [2.05, 4.69) is 9.88 Å². The average Bonchev–Trinajstić information content (AvgIpc) is 2.41. The van der Waals surface area contributed by atoms with E-state index < -0.39 is 0 Å². The van der Waals surface area contributed by atoms with Crippen LogP contribution in [0.25, 0.3) is 0 Å². The molecule has 0 spiro atoms. The van der Waals surface area contributed by atoms with E-state index in [4.69, 9.17) is 15.2 Å². The number of nitrogens with zero attached hydrogens (tertiary/aromatic N) is 2. The van der Waals surface area contributed by atoms with Gasteiger partial charge in [0.25, 0.3) is 0 Å². The molecule has 5 heteroatoms. The molecule has 1 aliphatic rings. The van der Waals surface area contributed by atoms with E-state index in [1.807, 2.05) is 32.9 Å². The molecule has 0 atom stereocenters. The molecule has 0 unspecified atom stereocenters. The minimum Gasteiger partial charge on any atom is -0.470 e. The van der Waals surface area contributed by atoms with Gasteiger partial charge in [-0.1, -0.05) is 0 Å². The molecule has 1 fully saturated rings. The first-order valence-electron chi connectivity index (χ1n) is 7.58. The van der Waals surface area contributed by atoms with Crippen molar-refractivity contribution < 1.29 is 9.47 Å². The number of nitrogens with two attached hydrogens (primary N) is 1. The van der Waals surface area contributed by atoms with Crippen molar-refractivity contribution in [1.82, 2.24) is 4.98 Å². The Hall–Kier alpha value is -1.49. The number of nitrogen functional groups attached to an aromatic ring is 1. The van der Waals surface area contributed by atoms with E-state index in [-0.39, 0.29) is 5.60 Å². The number of pyridine rings is 1. The van der Waals surface area contributed by atoms with Crippen molar-refractivity contribution in [3.63, 3.8) is 0 Å². The highest BCUT2D eigenvalue weighted by molar-refractivity contribution is 5.54. The van der Waals surface area contributed by atoms with Crippen LogP contribution in [0.1, 0.15) is 33.6 Å². The summed E-state index contributed by atoms with van der Waals surface area (Å²) in [6, 6.07) is 3.85. The van der Waals surface area contributed by atoms with Gasteiger partial charge in [0.05, 0.1) is 5.69 Å². The first kappa shape index (κ1) is 15.9. The number of methoxy groups -OCH3 is 1. The predicted molar refractivity (Wildman–Crippen MR) is 85.8 cm³/mol. The Kier molecular flexibility index (Phi) is 4.93. The van der Waals surface area contributed by atoms with E-state index in [0.717, 1.165) is 38.4 Å². The van der Waals surface area contributed by atoms with Crippen molar-refractivity contribution >= 4 is 11.5 Å². The summed E-state index contributed by atoms with van der Waals surface area (Å²) in [7, 11) is 1.77. The highest BCUT2D eigenvalue weighted by atomic mass is 16.5. The second-order valence-corrected chi connectivity index (χ2v) is 6.66. The van der Waals surface area contributed by atoms with Crippen molar-refractivity contribution in [3.05, 3.63) is 12.1 Å². The summed E-state index contributed by atoms with van der Waals surface area (Å²) in [6.07, 6.45) is 2.27. The molecule has 0 aliphatic carbocycles. The number of anilines is 2. The van der Waals surface area contributed by atoms with E-state index in [0.29, 0.717) is 17.5 Å². The molecule has 0 radical (unpaired) electrons. The smallest absolute Gasteiger partial charge is 0.239 e. The summed E-state index contributed by atoms with van der Waals surface area (Å²) >= 11 is 0. The van der Waals surface area contributed by atoms with Crippen LogP contribution >= 0.6 is 0 Å². The maximum absolute atomic E-state index is 5.97. The number of aromatic nitrogens is 1. The maximum Gasteiger partial charge on any atom is 0.239 e. The molecule has 0 amide bonds. The molecule has 2 rings (SSSR count). The van der Waals surface area contributed by atoms with Crippen LogP contribution in [0.15, 0.2) is 12.1 Å². The zero-order valence-electron chi connectivity index (χ0n) is 13.6. The molecule has 1 aromatic heterocycles. The average molecular weight is 293 g/mol. The molecular formula is C16H27N3O2. The van der Waals surface area contributed by atoms with Crippen molar-refractivity contribution in [2.45, 2.75) is 39.2 Å². The monoisotopic (exact) mass is 293 g/mol. The lowest BCUT2D eigenvalue weighted by Crippen LogP contribution is -2.35.